The van der Waals surface area contributed by atoms with Gasteiger partial charge >= 0.3 is 0 Å². The summed E-state index contributed by atoms with van der Waals surface area (Å²) in [5.41, 5.74) is 1.35. The van der Waals surface area contributed by atoms with Gasteiger partial charge in [-0.2, -0.15) is 0 Å². The molecule has 0 spiro atoms. The van der Waals surface area contributed by atoms with Gasteiger partial charge in [0.1, 0.15) is 0 Å². The molecule has 0 aliphatic heterocycles. The van der Waals surface area contributed by atoms with E-state index in [0.29, 0.717) is 20.6 Å². The topological polar surface area (TPSA) is 43.1 Å². The number of nitro benzene ring substituents is 1. The molecule has 0 atom stereocenters. The minimum atomic E-state index is -0.413. The zero-order chi connectivity index (χ0) is 10.2. The first-order valence-electron chi connectivity index (χ1n) is 3.54. The molecular formula is C8H7BrClNO2. The predicted molar refractivity (Wildman–Crippen MR) is 55.3 cm³/mol. The van der Waals surface area contributed by atoms with Gasteiger partial charge in [-0.25, -0.2) is 0 Å². The lowest BCUT2D eigenvalue weighted by Crippen LogP contribution is -1.94. The summed E-state index contributed by atoms with van der Waals surface area (Å²) < 4.78 is 0.598. The largest absolute Gasteiger partial charge is 0.273 e. The quantitative estimate of drug-likeness (QED) is 0.574. The minimum Gasteiger partial charge on any atom is -0.258 e. The summed E-state index contributed by atoms with van der Waals surface area (Å²) in [6.07, 6.45) is 0. The van der Waals surface area contributed by atoms with Gasteiger partial charge in [0.2, 0.25) is 0 Å². The van der Waals surface area contributed by atoms with E-state index in [-0.39, 0.29) is 5.69 Å². The fourth-order valence-electron chi connectivity index (χ4n) is 1.02. The zero-order valence-corrected chi connectivity index (χ0v) is 9.44. The second kappa shape index (κ2) is 3.64. The highest BCUT2D eigenvalue weighted by molar-refractivity contribution is 9.10. The smallest absolute Gasteiger partial charge is 0.258 e. The van der Waals surface area contributed by atoms with Crippen molar-refractivity contribution in [1.29, 1.82) is 0 Å². The molecule has 3 nitrogen and oxygen atoms in total. The van der Waals surface area contributed by atoms with Gasteiger partial charge < -0.3 is 0 Å². The van der Waals surface area contributed by atoms with Crippen molar-refractivity contribution < 1.29 is 4.92 Å². The predicted octanol–water partition coefficient (Wildman–Crippen LogP) is 3.63. The van der Waals surface area contributed by atoms with Crippen molar-refractivity contribution in [3.63, 3.8) is 0 Å². The number of hydrogen-bond donors (Lipinski definition) is 0. The molecule has 0 bridgehead atoms. The molecule has 0 amide bonds. The van der Waals surface area contributed by atoms with Crippen LogP contribution in [0, 0.1) is 24.0 Å². The minimum absolute atomic E-state index is 0.0915. The van der Waals surface area contributed by atoms with Gasteiger partial charge in [-0.3, -0.25) is 10.1 Å². The van der Waals surface area contributed by atoms with E-state index in [1.165, 1.54) is 6.07 Å². The van der Waals surface area contributed by atoms with Crippen LogP contribution in [0.3, 0.4) is 0 Å². The first-order valence-corrected chi connectivity index (χ1v) is 4.72. The molecule has 0 radical (unpaired) electrons. The molecule has 0 heterocycles. The molecule has 0 N–H and O–H groups in total. The van der Waals surface area contributed by atoms with Crippen LogP contribution in [-0.4, -0.2) is 4.92 Å². The second-order valence-corrected chi connectivity index (χ2v) is 3.89. The average molecular weight is 265 g/mol. The van der Waals surface area contributed by atoms with E-state index in [4.69, 9.17) is 11.6 Å². The average Bonchev–Trinajstić information content (AvgIpc) is 2.07. The molecule has 0 unspecified atom stereocenters. The lowest BCUT2D eigenvalue weighted by molar-refractivity contribution is -0.385. The molecule has 70 valence electrons. The van der Waals surface area contributed by atoms with Crippen molar-refractivity contribution in [2.24, 2.45) is 0 Å². The highest BCUT2D eigenvalue weighted by Crippen LogP contribution is 2.35. The number of benzene rings is 1. The van der Waals surface area contributed by atoms with Gasteiger partial charge in [0.25, 0.3) is 5.69 Å². The summed E-state index contributed by atoms with van der Waals surface area (Å²) in [4.78, 5) is 10.2. The Morgan fingerprint density at radius 3 is 2.54 bits per heavy atom. The Labute approximate surface area is 89.0 Å². The van der Waals surface area contributed by atoms with Crippen LogP contribution in [0.1, 0.15) is 11.1 Å². The molecular weight excluding hydrogens is 257 g/mol. The fourth-order valence-corrected chi connectivity index (χ4v) is 1.73. The van der Waals surface area contributed by atoms with E-state index in [9.17, 15) is 10.1 Å². The van der Waals surface area contributed by atoms with Crippen LogP contribution in [0.2, 0.25) is 5.02 Å². The molecule has 1 rings (SSSR count). The lowest BCUT2D eigenvalue weighted by Gasteiger charge is -2.04. The highest BCUT2D eigenvalue weighted by Gasteiger charge is 2.17. The zero-order valence-electron chi connectivity index (χ0n) is 7.10. The maximum Gasteiger partial charge on any atom is 0.273 e. The molecule has 5 heteroatoms. The Morgan fingerprint density at radius 1 is 1.54 bits per heavy atom. The number of aryl methyl sites for hydroxylation is 1. The van der Waals surface area contributed by atoms with Gasteiger partial charge in [-0.05, 0) is 35.3 Å². The summed E-state index contributed by atoms with van der Waals surface area (Å²) in [6, 6.07) is 1.47. The summed E-state index contributed by atoms with van der Waals surface area (Å²) in [5, 5.41) is 11.1. The molecule has 0 saturated heterocycles. The summed E-state index contributed by atoms with van der Waals surface area (Å²) >= 11 is 9.10. The molecule has 0 saturated carbocycles. The van der Waals surface area contributed by atoms with Crippen LogP contribution in [0.15, 0.2) is 10.5 Å². The van der Waals surface area contributed by atoms with Crippen molar-refractivity contribution in [1.82, 2.24) is 0 Å². The third kappa shape index (κ3) is 1.84. The maximum absolute atomic E-state index is 10.6. The van der Waals surface area contributed by atoms with E-state index < -0.39 is 4.92 Å². The van der Waals surface area contributed by atoms with Gasteiger partial charge in [-0.15, -0.1) is 0 Å². The van der Waals surface area contributed by atoms with Crippen LogP contribution < -0.4 is 0 Å². The first kappa shape index (κ1) is 10.5. The Kier molecular flexibility index (Phi) is 2.93. The monoisotopic (exact) mass is 263 g/mol. The van der Waals surface area contributed by atoms with E-state index in [1.54, 1.807) is 13.8 Å². The summed E-state index contributed by atoms with van der Waals surface area (Å²) in [6.45, 7) is 3.40. The third-order valence-corrected chi connectivity index (χ3v) is 3.51. The molecule has 0 aliphatic rings. The van der Waals surface area contributed by atoms with Gasteiger partial charge in [-0.1, -0.05) is 11.6 Å². The van der Waals surface area contributed by atoms with E-state index in [0.717, 1.165) is 0 Å². The molecule has 13 heavy (non-hydrogen) atoms. The number of rotatable bonds is 1. The summed E-state index contributed by atoms with van der Waals surface area (Å²) in [7, 11) is 0. The van der Waals surface area contributed by atoms with E-state index in [2.05, 4.69) is 15.9 Å². The normalized spacial score (nSPS) is 10.2. The number of nitro groups is 1. The van der Waals surface area contributed by atoms with Gasteiger partial charge in [0, 0.05) is 16.1 Å². The molecule has 0 aromatic heterocycles. The summed E-state index contributed by atoms with van der Waals surface area (Å²) in [5.74, 6) is 0. The molecule has 0 fully saturated rings. The third-order valence-electron chi connectivity index (χ3n) is 1.80. The first-order chi connectivity index (χ1) is 5.95. The van der Waals surface area contributed by atoms with Crippen molar-refractivity contribution in [2.45, 2.75) is 13.8 Å². The Hall–Kier alpha value is -0.610. The number of halogens is 2. The van der Waals surface area contributed by atoms with Crippen molar-refractivity contribution in [3.05, 3.63) is 36.8 Å². The second-order valence-electron chi connectivity index (χ2n) is 2.72. The molecule has 1 aromatic rings. The van der Waals surface area contributed by atoms with Crippen LogP contribution >= 0.6 is 27.5 Å². The number of nitrogens with zero attached hydrogens (tertiary/aromatic N) is 1. The van der Waals surface area contributed by atoms with Crippen LogP contribution in [0.4, 0.5) is 5.69 Å². The Balaban J connectivity index is 3.50. The molecule has 1 aromatic carbocycles. The van der Waals surface area contributed by atoms with Crippen LogP contribution in [0.5, 0.6) is 0 Å². The van der Waals surface area contributed by atoms with Crippen molar-refractivity contribution >= 4 is 33.2 Å². The maximum atomic E-state index is 10.6. The van der Waals surface area contributed by atoms with Gasteiger partial charge in [0.15, 0.2) is 0 Å². The Morgan fingerprint density at radius 2 is 2.08 bits per heavy atom. The van der Waals surface area contributed by atoms with Gasteiger partial charge in [0.05, 0.1) is 9.95 Å². The lowest BCUT2D eigenvalue weighted by atomic mass is 10.1. The standard InChI is InChI=1S/C8H7BrClNO2/c1-4-3-6(11(12)13)5(2)7(9)8(4)10/h3H,1-2H3. The fraction of sp³-hybridized carbons (Fsp3) is 0.250. The Bertz CT molecular complexity index is 379. The van der Waals surface area contributed by atoms with Crippen LogP contribution in [0.25, 0.3) is 0 Å². The SMILES string of the molecule is Cc1cc([N+](=O)[O-])c(C)c(Br)c1Cl. The van der Waals surface area contributed by atoms with E-state index in [1.807, 2.05) is 0 Å². The van der Waals surface area contributed by atoms with Crippen molar-refractivity contribution in [2.75, 3.05) is 0 Å². The van der Waals surface area contributed by atoms with Crippen LogP contribution in [-0.2, 0) is 0 Å². The number of hydrogen-bond acceptors (Lipinski definition) is 2. The van der Waals surface area contributed by atoms with Crippen molar-refractivity contribution in [3.8, 4) is 0 Å². The highest BCUT2D eigenvalue weighted by atomic mass is 79.9. The van der Waals surface area contributed by atoms with E-state index >= 15 is 0 Å². The molecule has 0 aliphatic carbocycles.